The number of para-hydroxylation sites is 1. The zero-order chi connectivity index (χ0) is 24.5. The van der Waals surface area contributed by atoms with Crippen molar-refractivity contribution in [3.05, 3.63) is 60.0 Å². The summed E-state index contributed by atoms with van der Waals surface area (Å²) in [6.45, 7) is 4.26. The molecule has 0 radical (unpaired) electrons. The Labute approximate surface area is 208 Å². The molecular formula is C27H28N6O3. The average Bonchev–Trinajstić information content (AvgIpc) is 3.31. The van der Waals surface area contributed by atoms with Crippen molar-refractivity contribution in [3.63, 3.8) is 0 Å². The molecule has 0 amide bonds. The molecule has 9 nitrogen and oxygen atoms in total. The summed E-state index contributed by atoms with van der Waals surface area (Å²) in [5, 5.41) is 15.2. The summed E-state index contributed by atoms with van der Waals surface area (Å²) in [6.07, 6.45) is 6.98. The molecule has 6 rings (SSSR count). The van der Waals surface area contributed by atoms with Gasteiger partial charge in [-0.05, 0) is 43.2 Å². The van der Waals surface area contributed by atoms with Gasteiger partial charge in [0.05, 0.1) is 42.2 Å². The van der Waals surface area contributed by atoms with Gasteiger partial charge in [0.15, 0.2) is 11.5 Å². The summed E-state index contributed by atoms with van der Waals surface area (Å²) in [5.41, 5.74) is 4.41. The standard InChI is InChI=1S/C27H28N6O3/c34-27(35)20-10-13-32(14-11-20)26-23(8-7-21-6-5-19-3-1-2-4-22(19)29-21)30-25-24(9-12-28-33(25)26)31-15-17-36-18-16-31/h1-9,12,20H,10-11,13-18H2,(H,34,35). The van der Waals surface area contributed by atoms with Crippen molar-refractivity contribution >= 4 is 46.2 Å². The molecule has 9 heteroatoms. The summed E-state index contributed by atoms with van der Waals surface area (Å²) >= 11 is 0. The maximum absolute atomic E-state index is 11.5. The maximum Gasteiger partial charge on any atom is 0.306 e. The van der Waals surface area contributed by atoms with Gasteiger partial charge in [-0.3, -0.25) is 4.79 Å². The Balaban J connectivity index is 1.41. The van der Waals surface area contributed by atoms with Crippen LogP contribution in [-0.2, 0) is 9.53 Å². The van der Waals surface area contributed by atoms with Crippen molar-refractivity contribution in [2.24, 2.45) is 5.92 Å². The molecule has 4 aromatic rings. The van der Waals surface area contributed by atoms with Gasteiger partial charge in [0, 0.05) is 31.6 Å². The van der Waals surface area contributed by atoms with Crippen molar-refractivity contribution < 1.29 is 14.6 Å². The third kappa shape index (κ3) is 4.26. The number of rotatable bonds is 5. The van der Waals surface area contributed by atoms with Gasteiger partial charge in [0.2, 0.25) is 0 Å². The molecule has 3 aromatic heterocycles. The number of benzene rings is 1. The zero-order valence-corrected chi connectivity index (χ0v) is 20.0. The first-order valence-electron chi connectivity index (χ1n) is 12.4. The number of imidazole rings is 1. The van der Waals surface area contributed by atoms with Crippen LogP contribution in [0.15, 0.2) is 48.7 Å². The lowest BCUT2D eigenvalue weighted by Gasteiger charge is -2.31. The van der Waals surface area contributed by atoms with E-state index in [4.69, 9.17) is 14.7 Å². The third-order valence-electron chi connectivity index (χ3n) is 7.03. The summed E-state index contributed by atoms with van der Waals surface area (Å²) in [5.74, 6) is -0.137. The number of aromatic nitrogens is 4. The maximum atomic E-state index is 11.5. The van der Waals surface area contributed by atoms with Crippen LogP contribution in [-0.4, -0.2) is 70.1 Å². The largest absolute Gasteiger partial charge is 0.481 e. The quantitative estimate of drug-likeness (QED) is 0.459. The normalized spacial score (nSPS) is 17.4. The van der Waals surface area contributed by atoms with Gasteiger partial charge in [0.25, 0.3) is 0 Å². The number of pyridine rings is 1. The number of morpholine rings is 1. The second-order valence-corrected chi connectivity index (χ2v) is 9.23. The second-order valence-electron chi connectivity index (χ2n) is 9.23. The molecule has 2 saturated heterocycles. The minimum atomic E-state index is -0.719. The minimum Gasteiger partial charge on any atom is -0.481 e. The molecule has 2 aliphatic rings. The Hall–Kier alpha value is -3.98. The monoisotopic (exact) mass is 484 g/mol. The Morgan fingerprint density at radius 2 is 1.75 bits per heavy atom. The summed E-state index contributed by atoms with van der Waals surface area (Å²) in [7, 11) is 0. The Morgan fingerprint density at radius 1 is 0.944 bits per heavy atom. The van der Waals surface area contributed by atoms with Crippen LogP contribution >= 0.6 is 0 Å². The predicted octanol–water partition coefficient (Wildman–Crippen LogP) is 3.59. The fourth-order valence-electron chi connectivity index (χ4n) is 5.08. The number of carbonyl (C=O) groups is 1. The van der Waals surface area contributed by atoms with E-state index in [1.807, 2.05) is 53.2 Å². The molecule has 1 aromatic carbocycles. The van der Waals surface area contributed by atoms with Crippen LogP contribution in [0.3, 0.4) is 0 Å². The highest BCUT2D eigenvalue weighted by Gasteiger charge is 2.29. The van der Waals surface area contributed by atoms with E-state index in [1.165, 1.54) is 0 Å². The lowest BCUT2D eigenvalue weighted by atomic mass is 9.97. The first-order chi connectivity index (χ1) is 17.7. The molecule has 0 bridgehead atoms. The number of nitrogens with zero attached hydrogens (tertiary/aromatic N) is 6. The molecule has 0 atom stereocenters. The smallest absolute Gasteiger partial charge is 0.306 e. The highest BCUT2D eigenvalue weighted by molar-refractivity contribution is 5.83. The van der Waals surface area contributed by atoms with Crippen LogP contribution in [0.25, 0.3) is 28.7 Å². The van der Waals surface area contributed by atoms with Gasteiger partial charge < -0.3 is 19.6 Å². The van der Waals surface area contributed by atoms with E-state index in [2.05, 4.69) is 27.0 Å². The molecule has 0 spiro atoms. The van der Waals surface area contributed by atoms with Crippen molar-refractivity contribution in [2.45, 2.75) is 12.8 Å². The van der Waals surface area contributed by atoms with Crippen LogP contribution < -0.4 is 9.80 Å². The van der Waals surface area contributed by atoms with Crippen LogP contribution in [0, 0.1) is 5.92 Å². The average molecular weight is 485 g/mol. The van der Waals surface area contributed by atoms with Crippen LogP contribution in [0.1, 0.15) is 24.2 Å². The van der Waals surface area contributed by atoms with Gasteiger partial charge in [-0.1, -0.05) is 24.3 Å². The number of piperidine rings is 1. The van der Waals surface area contributed by atoms with Gasteiger partial charge >= 0.3 is 5.97 Å². The zero-order valence-electron chi connectivity index (χ0n) is 20.0. The molecule has 5 heterocycles. The Bertz CT molecular complexity index is 1430. The summed E-state index contributed by atoms with van der Waals surface area (Å²) < 4.78 is 7.45. The molecule has 2 fully saturated rings. The number of hydrogen-bond acceptors (Lipinski definition) is 7. The van der Waals surface area contributed by atoms with Crippen molar-refractivity contribution in [1.29, 1.82) is 0 Å². The molecule has 1 N–H and O–H groups in total. The fourth-order valence-corrected chi connectivity index (χ4v) is 5.08. The second kappa shape index (κ2) is 9.58. The first kappa shape index (κ1) is 22.5. The van der Waals surface area contributed by atoms with E-state index in [0.717, 1.165) is 52.5 Å². The SMILES string of the molecule is O=C(O)C1CCN(c2c(C=Cc3ccc4ccccc4n3)nc3c(N4CCOCC4)ccnn23)CC1. The van der Waals surface area contributed by atoms with E-state index < -0.39 is 5.97 Å². The molecular weight excluding hydrogens is 456 g/mol. The van der Waals surface area contributed by atoms with Crippen LogP contribution in [0.5, 0.6) is 0 Å². The van der Waals surface area contributed by atoms with Gasteiger partial charge in [-0.2, -0.15) is 9.61 Å². The van der Waals surface area contributed by atoms with E-state index in [1.54, 1.807) is 0 Å². The number of fused-ring (bicyclic) bond motifs is 2. The Morgan fingerprint density at radius 3 is 2.56 bits per heavy atom. The van der Waals surface area contributed by atoms with Gasteiger partial charge in [-0.15, -0.1) is 0 Å². The van der Waals surface area contributed by atoms with Crippen molar-refractivity contribution in [2.75, 3.05) is 49.2 Å². The van der Waals surface area contributed by atoms with E-state index >= 15 is 0 Å². The lowest BCUT2D eigenvalue weighted by Crippen LogP contribution is -2.37. The minimum absolute atomic E-state index is 0.307. The van der Waals surface area contributed by atoms with Crippen molar-refractivity contribution in [1.82, 2.24) is 19.6 Å². The predicted molar refractivity (Wildman–Crippen MR) is 139 cm³/mol. The molecule has 0 aliphatic carbocycles. The topological polar surface area (TPSA) is 96.1 Å². The van der Waals surface area contributed by atoms with E-state index in [-0.39, 0.29) is 5.92 Å². The van der Waals surface area contributed by atoms with Gasteiger partial charge in [0.1, 0.15) is 5.69 Å². The lowest BCUT2D eigenvalue weighted by molar-refractivity contribution is -0.142. The number of aliphatic carboxylic acids is 1. The number of carboxylic acids is 1. The third-order valence-corrected chi connectivity index (χ3v) is 7.03. The van der Waals surface area contributed by atoms with E-state index in [9.17, 15) is 9.90 Å². The van der Waals surface area contributed by atoms with Crippen LogP contribution in [0.2, 0.25) is 0 Å². The fraction of sp³-hybridized carbons (Fsp3) is 0.333. The molecule has 2 aliphatic heterocycles. The van der Waals surface area contributed by atoms with Crippen LogP contribution in [0.4, 0.5) is 11.5 Å². The molecule has 36 heavy (non-hydrogen) atoms. The van der Waals surface area contributed by atoms with Crippen molar-refractivity contribution in [3.8, 4) is 0 Å². The highest BCUT2D eigenvalue weighted by atomic mass is 16.5. The molecule has 184 valence electrons. The molecule has 0 unspecified atom stereocenters. The highest BCUT2D eigenvalue weighted by Crippen LogP contribution is 2.32. The number of anilines is 2. The molecule has 0 saturated carbocycles. The Kier molecular flexibility index (Phi) is 5.98. The summed E-state index contributed by atoms with van der Waals surface area (Å²) in [6, 6.07) is 14.1. The summed E-state index contributed by atoms with van der Waals surface area (Å²) in [4.78, 5) is 25.8. The number of ether oxygens (including phenoxy) is 1. The van der Waals surface area contributed by atoms with Gasteiger partial charge in [-0.25, -0.2) is 9.97 Å². The van der Waals surface area contributed by atoms with E-state index in [0.29, 0.717) is 39.1 Å². The first-order valence-corrected chi connectivity index (χ1v) is 12.4. The number of carboxylic acid groups (broad SMARTS) is 1. The number of hydrogen-bond donors (Lipinski definition) is 1.